The molecule has 0 saturated carbocycles. The van der Waals surface area contributed by atoms with Crippen LogP contribution in [0.5, 0.6) is 5.75 Å². The molecule has 1 aromatic carbocycles. The van der Waals surface area contributed by atoms with Crippen LogP contribution in [0.2, 0.25) is 0 Å². The molecule has 4 aromatic rings. The lowest BCUT2D eigenvalue weighted by Crippen LogP contribution is -2.17. The van der Waals surface area contributed by atoms with Gasteiger partial charge in [-0.05, 0) is 58.0 Å². The van der Waals surface area contributed by atoms with Gasteiger partial charge in [0.2, 0.25) is 17.6 Å². The van der Waals surface area contributed by atoms with Gasteiger partial charge >= 0.3 is 0 Å². The first-order valence-electron chi connectivity index (χ1n) is 10.7. The molecule has 0 aliphatic carbocycles. The number of ether oxygens (including phenoxy) is 1. The summed E-state index contributed by atoms with van der Waals surface area (Å²) < 4.78 is 12.3. The number of carbonyl (C=O) groups is 1. The third kappa shape index (κ3) is 5.40. The van der Waals surface area contributed by atoms with Crippen LogP contribution >= 0.6 is 0 Å². The molecule has 0 fully saturated rings. The van der Waals surface area contributed by atoms with Crippen LogP contribution in [0.1, 0.15) is 36.3 Å². The summed E-state index contributed by atoms with van der Waals surface area (Å²) >= 11 is 0. The smallest absolute Gasteiger partial charge is 0.252 e. The van der Waals surface area contributed by atoms with E-state index in [-0.39, 0.29) is 12.3 Å². The second-order valence-corrected chi connectivity index (χ2v) is 7.55. The summed E-state index contributed by atoms with van der Waals surface area (Å²) in [6.07, 6.45) is 0.478. The Morgan fingerprint density at radius 1 is 1.03 bits per heavy atom. The van der Waals surface area contributed by atoms with Gasteiger partial charge in [0.05, 0.1) is 12.3 Å². The molecule has 3 heterocycles. The van der Waals surface area contributed by atoms with E-state index in [0.717, 1.165) is 28.4 Å². The SMILES string of the molecule is CCOc1ccc(-c2noc(CCC(=O)Nc3cc(C)nn3-c3nc(C)cc(C)n3)n2)cc1. The van der Waals surface area contributed by atoms with E-state index in [1.54, 1.807) is 6.07 Å². The number of aryl methyl sites for hydroxylation is 4. The fourth-order valence-electron chi connectivity index (χ4n) is 3.31. The zero-order valence-corrected chi connectivity index (χ0v) is 19.0. The first kappa shape index (κ1) is 22.1. The van der Waals surface area contributed by atoms with Crippen molar-refractivity contribution < 1.29 is 14.1 Å². The molecule has 1 amide bonds. The van der Waals surface area contributed by atoms with Crippen LogP contribution in [-0.2, 0) is 11.2 Å². The largest absolute Gasteiger partial charge is 0.494 e. The van der Waals surface area contributed by atoms with Gasteiger partial charge in [-0.1, -0.05) is 5.16 Å². The second-order valence-electron chi connectivity index (χ2n) is 7.55. The Hall–Kier alpha value is -4.08. The Morgan fingerprint density at radius 2 is 1.76 bits per heavy atom. The topological polar surface area (TPSA) is 121 Å². The molecule has 170 valence electrons. The van der Waals surface area contributed by atoms with E-state index in [4.69, 9.17) is 9.26 Å². The minimum atomic E-state index is -0.207. The van der Waals surface area contributed by atoms with Crippen LogP contribution in [0.3, 0.4) is 0 Å². The molecular weight excluding hydrogens is 422 g/mol. The van der Waals surface area contributed by atoms with Gasteiger partial charge in [0.15, 0.2) is 0 Å². The van der Waals surface area contributed by atoms with Gasteiger partial charge in [0.25, 0.3) is 5.95 Å². The van der Waals surface area contributed by atoms with Crippen LogP contribution in [0.25, 0.3) is 17.3 Å². The molecule has 4 rings (SSSR count). The van der Waals surface area contributed by atoms with Crippen molar-refractivity contribution in [1.29, 1.82) is 0 Å². The minimum Gasteiger partial charge on any atom is -0.494 e. The summed E-state index contributed by atoms with van der Waals surface area (Å²) in [4.78, 5) is 25.8. The molecule has 0 bridgehead atoms. The molecule has 33 heavy (non-hydrogen) atoms. The number of nitrogens with one attached hydrogen (secondary N) is 1. The van der Waals surface area contributed by atoms with Crippen molar-refractivity contribution in [2.24, 2.45) is 0 Å². The molecule has 10 heteroatoms. The van der Waals surface area contributed by atoms with Crippen molar-refractivity contribution in [3.63, 3.8) is 0 Å². The van der Waals surface area contributed by atoms with Crippen molar-refractivity contribution in [3.05, 3.63) is 59.4 Å². The van der Waals surface area contributed by atoms with Crippen molar-refractivity contribution in [3.8, 4) is 23.1 Å². The molecule has 0 atom stereocenters. The number of hydrogen-bond donors (Lipinski definition) is 1. The van der Waals surface area contributed by atoms with Gasteiger partial charge in [0.1, 0.15) is 11.6 Å². The highest BCUT2D eigenvalue weighted by Crippen LogP contribution is 2.21. The highest BCUT2D eigenvalue weighted by Gasteiger charge is 2.15. The predicted molar refractivity (Wildman–Crippen MR) is 121 cm³/mol. The van der Waals surface area contributed by atoms with Crippen LogP contribution in [0.15, 0.2) is 40.9 Å². The third-order valence-electron chi connectivity index (χ3n) is 4.72. The maximum Gasteiger partial charge on any atom is 0.252 e. The van der Waals surface area contributed by atoms with Gasteiger partial charge in [0, 0.05) is 35.9 Å². The van der Waals surface area contributed by atoms with Crippen LogP contribution in [0, 0.1) is 20.8 Å². The summed E-state index contributed by atoms with van der Waals surface area (Å²) in [6.45, 7) is 8.15. The van der Waals surface area contributed by atoms with E-state index in [1.165, 1.54) is 4.68 Å². The Kier molecular flexibility index (Phi) is 6.43. The standard InChI is InChI=1S/C23H25N7O3/c1-5-32-18-8-6-17(7-9-18)22-27-21(33-29-22)11-10-20(31)26-19-13-16(4)28-30(19)23-24-14(2)12-15(3)25-23/h6-9,12-13H,5,10-11H2,1-4H3,(H,26,31). The average molecular weight is 447 g/mol. The molecule has 10 nitrogen and oxygen atoms in total. The van der Waals surface area contributed by atoms with Crippen LogP contribution in [-0.4, -0.2) is 42.4 Å². The zero-order chi connectivity index (χ0) is 23.4. The van der Waals surface area contributed by atoms with Gasteiger partial charge in [-0.2, -0.15) is 14.8 Å². The van der Waals surface area contributed by atoms with Crippen molar-refractivity contribution in [2.75, 3.05) is 11.9 Å². The lowest BCUT2D eigenvalue weighted by atomic mass is 10.2. The van der Waals surface area contributed by atoms with Crippen LogP contribution in [0.4, 0.5) is 5.82 Å². The first-order chi connectivity index (χ1) is 15.9. The highest BCUT2D eigenvalue weighted by molar-refractivity contribution is 5.90. The summed E-state index contributed by atoms with van der Waals surface area (Å²) in [6, 6.07) is 11.1. The Labute approximate surface area is 191 Å². The number of aromatic nitrogens is 6. The summed E-state index contributed by atoms with van der Waals surface area (Å²) in [5.74, 6) is 2.34. The van der Waals surface area contributed by atoms with E-state index in [9.17, 15) is 4.79 Å². The Bertz CT molecular complexity index is 1240. The number of rotatable bonds is 8. The van der Waals surface area contributed by atoms with E-state index >= 15 is 0 Å². The number of carbonyl (C=O) groups excluding carboxylic acids is 1. The van der Waals surface area contributed by atoms with Gasteiger partial charge in [-0.3, -0.25) is 4.79 Å². The molecule has 0 saturated heterocycles. The molecule has 0 unspecified atom stereocenters. The molecule has 0 radical (unpaired) electrons. The fraction of sp³-hybridized carbons (Fsp3) is 0.304. The maximum absolute atomic E-state index is 12.6. The average Bonchev–Trinajstić information content (AvgIpc) is 3.39. The second kappa shape index (κ2) is 9.60. The van der Waals surface area contributed by atoms with Crippen molar-refractivity contribution >= 4 is 11.7 Å². The lowest BCUT2D eigenvalue weighted by molar-refractivity contribution is -0.116. The number of anilines is 1. The van der Waals surface area contributed by atoms with Gasteiger partial charge in [-0.25, -0.2) is 9.97 Å². The van der Waals surface area contributed by atoms with Gasteiger partial charge in [-0.15, -0.1) is 0 Å². The van der Waals surface area contributed by atoms with E-state index in [2.05, 4.69) is 30.5 Å². The predicted octanol–water partition coefficient (Wildman–Crippen LogP) is 3.61. The summed E-state index contributed by atoms with van der Waals surface area (Å²) in [5, 5.41) is 11.3. The number of nitrogens with zero attached hydrogens (tertiary/aromatic N) is 6. The van der Waals surface area contributed by atoms with Gasteiger partial charge < -0.3 is 14.6 Å². The number of amides is 1. The quantitative estimate of drug-likeness (QED) is 0.435. The fourth-order valence-corrected chi connectivity index (χ4v) is 3.31. The Balaban J connectivity index is 1.40. The molecule has 0 aliphatic heterocycles. The number of hydrogen-bond acceptors (Lipinski definition) is 8. The summed E-state index contributed by atoms with van der Waals surface area (Å²) in [7, 11) is 0. The lowest BCUT2D eigenvalue weighted by Gasteiger charge is -2.08. The van der Waals surface area contributed by atoms with E-state index in [1.807, 2.05) is 58.0 Å². The molecule has 0 spiro atoms. The molecular formula is C23H25N7O3. The Morgan fingerprint density at radius 3 is 2.45 bits per heavy atom. The minimum absolute atomic E-state index is 0.169. The molecule has 3 aromatic heterocycles. The van der Waals surface area contributed by atoms with E-state index in [0.29, 0.717) is 36.5 Å². The summed E-state index contributed by atoms with van der Waals surface area (Å²) in [5.41, 5.74) is 3.20. The zero-order valence-electron chi connectivity index (χ0n) is 19.0. The molecule has 1 N–H and O–H groups in total. The highest BCUT2D eigenvalue weighted by atomic mass is 16.5. The normalized spacial score (nSPS) is 10.9. The monoisotopic (exact) mass is 447 g/mol. The number of benzene rings is 1. The van der Waals surface area contributed by atoms with E-state index < -0.39 is 0 Å². The van der Waals surface area contributed by atoms with Crippen molar-refractivity contribution in [1.82, 2.24) is 29.9 Å². The first-order valence-corrected chi connectivity index (χ1v) is 10.7. The maximum atomic E-state index is 12.6. The third-order valence-corrected chi connectivity index (χ3v) is 4.72. The van der Waals surface area contributed by atoms with Crippen LogP contribution < -0.4 is 10.1 Å². The van der Waals surface area contributed by atoms with Crippen molar-refractivity contribution in [2.45, 2.75) is 40.5 Å². The molecule has 0 aliphatic rings.